The lowest BCUT2D eigenvalue weighted by Crippen LogP contribution is -2.26. The first-order valence-electron chi connectivity index (χ1n) is 4.94. The van der Waals surface area contributed by atoms with Crippen LogP contribution < -0.4 is 11.1 Å². The number of hydrogen-bond acceptors (Lipinski definition) is 4. The second-order valence-electron chi connectivity index (χ2n) is 3.51. The number of nitrogens with one attached hydrogen (secondary N) is 1. The molecule has 0 radical (unpaired) electrons. The molecule has 1 aliphatic heterocycles. The Hall–Kier alpha value is -1.40. The van der Waals surface area contributed by atoms with Crippen LogP contribution in [-0.2, 0) is 19.5 Å². The van der Waals surface area contributed by atoms with Crippen molar-refractivity contribution in [1.82, 2.24) is 15.1 Å². The fraction of sp³-hybridized carbons (Fsp3) is 0.556. The van der Waals surface area contributed by atoms with Gasteiger partial charge in [0.15, 0.2) is 5.69 Å². The summed E-state index contributed by atoms with van der Waals surface area (Å²) in [6, 6.07) is 0. The van der Waals surface area contributed by atoms with Crippen LogP contribution in [0, 0.1) is 0 Å². The SMILES string of the molecule is NC(=O)c1nn(CCO)c2c1CNCC2. The van der Waals surface area contributed by atoms with E-state index >= 15 is 0 Å². The van der Waals surface area contributed by atoms with Crippen LogP contribution in [-0.4, -0.2) is 33.9 Å². The number of nitrogens with two attached hydrogens (primary N) is 1. The van der Waals surface area contributed by atoms with Crippen LogP contribution in [0.1, 0.15) is 21.7 Å². The van der Waals surface area contributed by atoms with Crippen molar-refractivity contribution in [1.29, 1.82) is 0 Å². The Morgan fingerprint density at radius 3 is 3.13 bits per heavy atom. The number of aliphatic hydroxyl groups is 1. The van der Waals surface area contributed by atoms with Gasteiger partial charge in [0.05, 0.1) is 13.2 Å². The molecule has 1 aromatic heterocycles. The molecule has 1 amide bonds. The first kappa shape index (κ1) is 10.1. The molecule has 6 heteroatoms. The number of nitrogens with zero attached hydrogens (tertiary/aromatic N) is 2. The van der Waals surface area contributed by atoms with Crippen LogP contribution in [0.5, 0.6) is 0 Å². The van der Waals surface area contributed by atoms with E-state index in [-0.39, 0.29) is 6.61 Å². The Morgan fingerprint density at radius 2 is 2.47 bits per heavy atom. The predicted octanol–water partition coefficient (Wildman–Crippen LogP) is -1.38. The third-order valence-corrected chi connectivity index (χ3v) is 2.55. The standard InChI is InChI=1S/C9H14N4O2/c10-9(15)8-6-5-11-2-1-7(6)13(12-8)3-4-14/h11,14H,1-5H2,(H2,10,15). The Balaban J connectivity index is 2.44. The van der Waals surface area contributed by atoms with Gasteiger partial charge in [-0.3, -0.25) is 9.48 Å². The van der Waals surface area contributed by atoms with Crippen LogP contribution in [0.25, 0.3) is 0 Å². The summed E-state index contributed by atoms with van der Waals surface area (Å²) in [4.78, 5) is 11.1. The van der Waals surface area contributed by atoms with Crippen molar-refractivity contribution in [2.24, 2.45) is 5.73 Å². The zero-order valence-corrected chi connectivity index (χ0v) is 8.36. The minimum absolute atomic E-state index is 0.0136. The molecule has 15 heavy (non-hydrogen) atoms. The quantitative estimate of drug-likeness (QED) is 0.573. The normalized spacial score (nSPS) is 15.0. The van der Waals surface area contributed by atoms with Crippen LogP contribution in [0.3, 0.4) is 0 Å². The second-order valence-corrected chi connectivity index (χ2v) is 3.51. The fourth-order valence-electron chi connectivity index (χ4n) is 1.90. The first-order valence-corrected chi connectivity index (χ1v) is 4.94. The number of aliphatic hydroxyl groups excluding tert-OH is 1. The maximum Gasteiger partial charge on any atom is 0.269 e. The van der Waals surface area contributed by atoms with Crippen LogP contribution in [0.15, 0.2) is 0 Å². The monoisotopic (exact) mass is 210 g/mol. The van der Waals surface area contributed by atoms with Crippen molar-refractivity contribution in [3.05, 3.63) is 17.0 Å². The summed E-state index contributed by atoms with van der Waals surface area (Å²) in [7, 11) is 0. The van der Waals surface area contributed by atoms with Crippen molar-refractivity contribution >= 4 is 5.91 Å². The van der Waals surface area contributed by atoms with Gasteiger partial charge in [0, 0.05) is 30.8 Å². The average Bonchev–Trinajstić information content (AvgIpc) is 2.59. The summed E-state index contributed by atoms with van der Waals surface area (Å²) in [6.07, 6.45) is 0.815. The number of primary amides is 1. The molecule has 0 fully saturated rings. The molecule has 0 aliphatic carbocycles. The van der Waals surface area contributed by atoms with Crippen molar-refractivity contribution in [2.45, 2.75) is 19.5 Å². The molecule has 0 bridgehead atoms. The van der Waals surface area contributed by atoms with Gasteiger partial charge in [-0.05, 0) is 0 Å². The third-order valence-electron chi connectivity index (χ3n) is 2.55. The molecule has 0 spiro atoms. The number of hydrogen-bond donors (Lipinski definition) is 3. The largest absolute Gasteiger partial charge is 0.394 e. The van der Waals surface area contributed by atoms with E-state index in [0.717, 1.165) is 24.2 Å². The number of aromatic nitrogens is 2. The molecule has 6 nitrogen and oxygen atoms in total. The van der Waals surface area contributed by atoms with Crippen LogP contribution in [0.4, 0.5) is 0 Å². The highest BCUT2D eigenvalue weighted by Crippen LogP contribution is 2.17. The number of carbonyl (C=O) groups excluding carboxylic acids is 1. The molecule has 0 atom stereocenters. The fourth-order valence-corrected chi connectivity index (χ4v) is 1.90. The summed E-state index contributed by atoms with van der Waals surface area (Å²) in [5, 5.41) is 16.2. The molecule has 0 saturated carbocycles. The van der Waals surface area contributed by atoms with E-state index in [2.05, 4.69) is 10.4 Å². The highest BCUT2D eigenvalue weighted by molar-refractivity contribution is 5.92. The van der Waals surface area contributed by atoms with Crippen molar-refractivity contribution in [2.75, 3.05) is 13.2 Å². The van der Waals surface area contributed by atoms with Gasteiger partial charge in [0.25, 0.3) is 5.91 Å². The number of rotatable bonds is 3. The molecule has 1 aliphatic rings. The van der Waals surface area contributed by atoms with Crippen molar-refractivity contribution in [3.63, 3.8) is 0 Å². The Morgan fingerprint density at radius 1 is 1.67 bits per heavy atom. The zero-order chi connectivity index (χ0) is 10.8. The summed E-state index contributed by atoms with van der Waals surface area (Å²) in [5.74, 6) is -0.508. The molecule has 0 unspecified atom stereocenters. The predicted molar refractivity (Wildman–Crippen MR) is 53.2 cm³/mol. The van der Waals surface area contributed by atoms with Gasteiger partial charge in [-0.15, -0.1) is 0 Å². The molecule has 82 valence electrons. The highest BCUT2D eigenvalue weighted by Gasteiger charge is 2.22. The van der Waals surface area contributed by atoms with E-state index in [1.807, 2.05) is 0 Å². The minimum atomic E-state index is -0.508. The Kier molecular flexibility index (Phi) is 2.70. The molecule has 2 heterocycles. The lowest BCUT2D eigenvalue weighted by atomic mass is 10.1. The zero-order valence-electron chi connectivity index (χ0n) is 8.36. The molecule has 0 saturated heterocycles. The van der Waals surface area contributed by atoms with Gasteiger partial charge >= 0.3 is 0 Å². The van der Waals surface area contributed by atoms with E-state index in [9.17, 15) is 4.79 Å². The van der Waals surface area contributed by atoms with Crippen LogP contribution in [0.2, 0.25) is 0 Å². The van der Waals surface area contributed by atoms with Gasteiger partial charge in [0.2, 0.25) is 0 Å². The average molecular weight is 210 g/mol. The van der Waals surface area contributed by atoms with Crippen LogP contribution >= 0.6 is 0 Å². The van der Waals surface area contributed by atoms with E-state index in [0.29, 0.717) is 18.8 Å². The molecule has 0 aromatic carbocycles. The third kappa shape index (κ3) is 1.73. The smallest absolute Gasteiger partial charge is 0.269 e. The molecule has 2 rings (SSSR count). The summed E-state index contributed by atoms with van der Waals surface area (Å²) in [6.45, 7) is 1.91. The Bertz CT molecular complexity index is 386. The number of carbonyl (C=O) groups is 1. The van der Waals surface area contributed by atoms with E-state index < -0.39 is 5.91 Å². The topological polar surface area (TPSA) is 93.2 Å². The summed E-state index contributed by atoms with van der Waals surface area (Å²) < 4.78 is 1.68. The van der Waals surface area contributed by atoms with Crippen molar-refractivity contribution in [3.8, 4) is 0 Å². The second kappa shape index (κ2) is 4.00. The minimum Gasteiger partial charge on any atom is -0.394 e. The summed E-state index contributed by atoms with van der Waals surface area (Å²) in [5.41, 5.74) is 7.45. The lowest BCUT2D eigenvalue weighted by Gasteiger charge is -2.14. The van der Waals surface area contributed by atoms with Gasteiger partial charge < -0.3 is 16.2 Å². The molecular weight excluding hydrogens is 196 g/mol. The van der Waals surface area contributed by atoms with E-state index in [1.165, 1.54) is 0 Å². The highest BCUT2D eigenvalue weighted by atomic mass is 16.3. The maximum atomic E-state index is 11.1. The number of amides is 1. The van der Waals surface area contributed by atoms with Gasteiger partial charge in [-0.25, -0.2) is 0 Å². The Labute approximate surface area is 87.1 Å². The molecule has 1 aromatic rings. The first-order chi connectivity index (χ1) is 7.24. The van der Waals surface area contributed by atoms with Gasteiger partial charge in [0.1, 0.15) is 0 Å². The van der Waals surface area contributed by atoms with Gasteiger partial charge in [-0.2, -0.15) is 5.10 Å². The summed E-state index contributed by atoms with van der Waals surface area (Å²) >= 11 is 0. The molecule has 4 N–H and O–H groups in total. The lowest BCUT2D eigenvalue weighted by molar-refractivity contribution is 0.0993. The molecular formula is C9H14N4O2. The number of fused-ring (bicyclic) bond motifs is 1. The van der Waals surface area contributed by atoms with Crippen molar-refractivity contribution < 1.29 is 9.90 Å². The van der Waals surface area contributed by atoms with E-state index in [1.54, 1.807) is 4.68 Å². The van der Waals surface area contributed by atoms with Gasteiger partial charge in [-0.1, -0.05) is 0 Å². The van der Waals surface area contributed by atoms with E-state index in [4.69, 9.17) is 10.8 Å². The maximum absolute atomic E-state index is 11.1.